The number of ether oxygens (including phenoxy) is 1. The lowest BCUT2D eigenvalue weighted by atomic mass is 9.97. The van der Waals surface area contributed by atoms with E-state index >= 15 is 0 Å². The second-order valence-electron chi connectivity index (χ2n) is 7.29. The van der Waals surface area contributed by atoms with Gasteiger partial charge in [-0.25, -0.2) is 0 Å². The van der Waals surface area contributed by atoms with Crippen LogP contribution < -0.4 is 10.6 Å². The highest BCUT2D eigenvalue weighted by molar-refractivity contribution is 5.90. The Bertz CT molecular complexity index is 426. The molecule has 0 aromatic carbocycles. The van der Waals surface area contributed by atoms with Gasteiger partial charge in [-0.15, -0.1) is 0 Å². The van der Waals surface area contributed by atoms with Crippen LogP contribution in [-0.4, -0.2) is 61.1 Å². The van der Waals surface area contributed by atoms with Gasteiger partial charge < -0.3 is 20.3 Å². The maximum Gasteiger partial charge on any atom is 0.245 e. The van der Waals surface area contributed by atoms with Gasteiger partial charge in [0, 0.05) is 13.2 Å². The molecule has 24 heavy (non-hydrogen) atoms. The predicted molar refractivity (Wildman–Crippen MR) is 95.7 cm³/mol. The predicted octanol–water partition coefficient (Wildman–Crippen LogP) is 1.40. The molecule has 0 saturated carbocycles. The van der Waals surface area contributed by atoms with Crippen molar-refractivity contribution in [3.05, 3.63) is 0 Å². The first-order valence-electron chi connectivity index (χ1n) is 9.14. The fraction of sp³-hybridized carbons (Fsp3) is 0.889. The number of likely N-dealkylation sites (N-methyl/N-ethyl adjacent to an activating group) is 1. The van der Waals surface area contributed by atoms with Crippen LogP contribution in [0.2, 0.25) is 0 Å². The highest BCUT2D eigenvalue weighted by Gasteiger charge is 2.42. The van der Waals surface area contributed by atoms with E-state index in [-0.39, 0.29) is 35.9 Å². The van der Waals surface area contributed by atoms with Crippen molar-refractivity contribution in [3.63, 3.8) is 0 Å². The molecule has 1 aliphatic rings. The van der Waals surface area contributed by atoms with Crippen molar-refractivity contribution >= 4 is 11.8 Å². The lowest BCUT2D eigenvalue weighted by Gasteiger charge is -2.35. The van der Waals surface area contributed by atoms with Crippen LogP contribution >= 0.6 is 0 Å². The van der Waals surface area contributed by atoms with Gasteiger partial charge in [0.1, 0.15) is 6.04 Å². The molecular weight excluding hydrogens is 306 g/mol. The summed E-state index contributed by atoms with van der Waals surface area (Å²) in [5.74, 6) is 0.200. The molecule has 4 atom stereocenters. The largest absolute Gasteiger partial charge is 0.376 e. The van der Waals surface area contributed by atoms with Gasteiger partial charge in [0.15, 0.2) is 0 Å². The summed E-state index contributed by atoms with van der Waals surface area (Å²) >= 11 is 0. The van der Waals surface area contributed by atoms with Crippen LogP contribution in [0.3, 0.4) is 0 Å². The van der Waals surface area contributed by atoms with Crippen LogP contribution in [0.25, 0.3) is 0 Å². The highest BCUT2D eigenvalue weighted by Crippen LogP contribution is 2.28. The fourth-order valence-electron chi connectivity index (χ4n) is 3.33. The Morgan fingerprint density at radius 2 is 1.83 bits per heavy atom. The van der Waals surface area contributed by atoms with Crippen LogP contribution in [0.4, 0.5) is 0 Å². The average Bonchev–Trinajstić information content (AvgIpc) is 2.94. The number of nitrogens with zero attached hydrogens (tertiary/aromatic N) is 1. The van der Waals surface area contributed by atoms with Crippen molar-refractivity contribution in [2.75, 3.05) is 20.2 Å². The molecule has 4 unspecified atom stereocenters. The summed E-state index contributed by atoms with van der Waals surface area (Å²) in [4.78, 5) is 27.3. The van der Waals surface area contributed by atoms with Gasteiger partial charge >= 0.3 is 0 Å². The lowest BCUT2D eigenvalue weighted by molar-refractivity contribution is -0.140. The van der Waals surface area contributed by atoms with E-state index in [4.69, 9.17) is 4.74 Å². The van der Waals surface area contributed by atoms with Gasteiger partial charge in [-0.1, -0.05) is 27.7 Å². The number of amides is 2. The number of carbonyl (C=O) groups is 2. The monoisotopic (exact) mass is 341 g/mol. The van der Waals surface area contributed by atoms with Gasteiger partial charge in [-0.3, -0.25) is 9.59 Å². The van der Waals surface area contributed by atoms with E-state index in [0.29, 0.717) is 19.1 Å². The summed E-state index contributed by atoms with van der Waals surface area (Å²) in [6.07, 6.45) is 0.937. The Balaban J connectivity index is 2.91. The molecule has 1 saturated heterocycles. The first-order valence-corrected chi connectivity index (χ1v) is 9.14. The van der Waals surface area contributed by atoms with Crippen LogP contribution in [0.15, 0.2) is 0 Å². The maximum atomic E-state index is 13.1. The molecular formula is C18H35N3O3. The molecule has 0 bridgehead atoms. The number of nitrogens with one attached hydrogen (secondary N) is 2. The Hall–Kier alpha value is -1.14. The molecule has 0 spiro atoms. The van der Waals surface area contributed by atoms with E-state index in [1.165, 1.54) is 0 Å². The molecule has 1 heterocycles. The summed E-state index contributed by atoms with van der Waals surface area (Å²) in [6.45, 7) is 13.3. The molecule has 140 valence electrons. The number of likely N-dealkylation sites (tertiary alicyclic amines) is 1. The minimum Gasteiger partial charge on any atom is -0.376 e. The second kappa shape index (κ2) is 9.37. The minimum atomic E-state index is -0.505. The number of hydrogen-bond acceptors (Lipinski definition) is 4. The first kappa shape index (κ1) is 20.9. The van der Waals surface area contributed by atoms with Crippen LogP contribution in [-0.2, 0) is 14.3 Å². The van der Waals surface area contributed by atoms with E-state index in [1.54, 1.807) is 14.0 Å². The average molecular weight is 341 g/mol. The summed E-state index contributed by atoms with van der Waals surface area (Å²) in [5.41, 5.74) is 0. The molecule has 2 amide bonds. The third kappa shape index (κ3) is 4.93. The Morgan fingerprint density at radius 3 is 2.29 bits per heavy atom. The standard InChI is InChI=1S/C18H35N3O3/c1-8-24-14-9-10-21(16(14)12(4)5)18(23)15(11(2)3)20-17(22)13(6)19-7/h11-16,19H,8-10H2,1-7H3,(H,20,22). The molecule has 0 radical (unpaired) electrons. The van der Waals surface area contributed by atoms with Gasteiger partial charge in [-0.05, 0) is 39.2 Å². The molecule has 2 N–H and O–H groups in total. The van der Waals surface area contributed by atoms with E-state index < -0.39 is 6.04 Å². The molecule has 6 heteroatoms. The molecule has 6 nitrogen and oxygen atoms in total. The molecule has 0 aromatic rings. The normalized spacial score (nSPS) is 23.6. The Kier molecular flexibility index (Phi) is 8.16. The molecule has 0 aliphatic carbocycles. The third-order valence-corrected chi connectivity index (χ3v) is 4.80. The summed E-state index contributed by atoms with van der Waals surface area (Å²) in [7, 11) is 1.73. The Morgan fingerprint density at radius 1 is 1.21 bits per heavy atom. The van der Waals surface area contributed by atoms with Crippen molar-refractivity contribution in [2.45, 2.75) is 72.2 Å². The van der Waals surface area contributed by atoms with E-state index in [1.807, 2.05) is 25.7 Å². The van der Waals surface area contributed by atoms with Gasteiger partial charge in [0.2, 0.25) is 11.8 Å². The highest BCUT2D eigenvalue weighted by atomic mass is 16.5. The summed E-state index contributed by atoms with van der Waals surface area (Å²) in [5, 5.41) is 5.83. The lowest BCUT2D eigenvalue weighted by Crippen LogP contribution is -2.56. The van der Waals surface area contributed by atoms with Crippen molar-refractivity contribution in [2.24, 2.45) is 11.8 Å². The maximum absolute atomic E-state index is 13.1. The van der Waals surface area contributed by atoms with Crippen LogP contribution in [0, 0.1) is 11.8 Å². The zero-order valence-corrected chi connectivity index (χ0v) is 16.3. The zero-order valence-electron chi connectivity index (χ0n) is 16.3. The minimum absolute atomic E-state index is 0.00237. The molecule has 1 rings (SSSR count). The first-order chi connectivity index (χ1) is 11.2. The molecule has 1 aliphatic heterocycles. The van der Waals surface area contributed by atoms with Crippen molar-refractivity contribution < 1.29 is 14.3 Å². The van der Waals surface area contributed by atoms with E-state index in [0.717, 1.165) is 6.42 Å². The Labute approximate surface area is 146 Å². The van der Waals surface area contributed by atoms with E-state index in [9.17, 15) is 9.59 Å². The van der Waals surface area contributed by atoms with E-state index in [2.05, 4.69) is 24.5 Å². The second-order valence-corrected chi connectivity index (χ2v) is 7.29. The van der Waals surface area contributed by atoms with Crippen LogP contribution in [0.1, 0.15) is 48.0 Å². The smallest absolute Gasteiger partial charge is 0.245 e. The van der Waals surface area contributed by atoms with Crippen LogP contribution in [0.5, 0.6) is 0 Å². The topological polar surface area (TPSA) is 70.7 Å². The summed E-state index contributed by atoms with van der Waals surface area (Å²) in [6, 6.07) is -0.762. The SMILES string of the molecule is CCOC1CCN(C(=O)C(NC(=O)C(C)NC)C(C)C)C1C(C)C. The van der Waals surface area contributed by atoms with Crippen molar-refractivity contribution in [1.82, 2.24) is 15.5 Å². The zero-order chi connectivity index (χ0) is 18.4. The molecule has 0 aromatic heterocycles. The van der Waals surface area contributed by atoms with Crippen molar-refractivity contribution in [3.8, 4) is 0 Å². The third-order valence-electron chi connectivity index (χ3n) is 4.80. The quantitative estimate of drug-likeness (QED) is 0.700. The molecule has 1 fully saturated rings. The number of hydrogen-bond donors (Lipinski definition) is 2. The number of rotatable bonds is 8. The van der Waals surface area contributed by atoms with Crippen molar-refractivity contribution in [1.29, 1.82) is 0 Å². The van der Waals surface area contributed by atoms with Gasteiger partial charge in [0.25, 0.3) is 0 Å². The fourth-order valence-corrected chi connectivity index (χ4v) is 3.33. The number of carbonyl (C=O) groups excluding carboxylic acids is 2. The summed E-state index contributed by atoms with van der Waals surface area (Å²) < 4.78 is 5.84. The van der Waals surface area contributed by atoms with Gasteiger partial charge in [-0.2, -0.15) is 0 Å². The van der Waals surface area contributed by atoms with Gasteiger partial charge in [0.05, 0.1) is 18.2 Å².